The number of amides is 1. The van der Waals surface area contributed by atoms with E-state index in [1.165, 1.54) is 0 Å². The molecule has 1 unspecified atom stereocenters. The van der Waals surface area contributed by atoms with Crippen LogP contribution in [0, 0.1) is 11.3 Å². The average Bonchev–Trinajstić information content (AvgIpc) is 3.41. The van der Waals surface area contributed by atoms with Crippen molar-refractivity contribution in [3.63, 3.8) is 0 Å². The zero-order valence-electron chi connectivity index (χ0n) is 19.8. The van der Waals surface area contributed by atoms with Gasteiger partial charge in [0.1, 0.15) is 6.61 Å². The summed E-state index contributed by atoms with van der Waals surface area (Å²) in [4.78, 5) is 27.4. The fourth-order valence-electron chi connectivity index (χ4n) is 4.07. The van der Waals surface area contributed by atoms with Gasteiger partial charge in [-0.2, -0.15) is 0 Å². The highest BCUT2D eigenvalue weighted by molar-refractivity contribution is 6.74. The lowest BCUT2D eigenvalue weighted by molar-refractivity contribution is -0.153. The minimum atomic E-state index is -2.08. The van der Waals surface area contributed by atoms with Crippen molar-refractivity contribution in [1.82, 2.24) is 4.90 Å². The number of nitrogens with zero attached hydrogens (tertiary/aromatic N) is 1. The maximum absolute atomic E-state index is 12.9. The lowest BCUT2D eigenvalue weighted by Crippen LogP contribution is -2.48. The van der Waals surface area contributed by atoms with E-state index in [1.807, 2.05) is 37.3 Å². The molecule has 2 aliphatic rings. The third-order valence-corrected chi connectivity index (χ3v) is 11.7. The van der Waals surface area contributed by atoms with Crippen molar-refractivity contribution in [3.8, 4) is 0 Å². The Balaban J connectivity index is 1.75. The highest BCUT2D eigenvalue weighted by Crippen LogP contribution is 2.57. The number of ether oxygens (including phenoxy) is 2. The average molecular weight is 448 g/mol. The van der Waals surface area contributed by atoms with Crippen molar-refractivity contribution in [1.29, 1.82) is 0 Å². The Labute approximate surface area is 187 Å². The lowest BCUT2D eigenvalue weighted by atomic mass is 9.86. The second kappa shape index (κ2) is 8.94. The van der Waals surface area contributed by atoms with E-state index in [1.54, 1.807) is 4.90 Å². The summed E-state index contributed by atoms with van der Waals surface area (Å²) >= 11 is 0. The molecule has 1 aliphatic heterocycles. The number of carbonyl (C=O) groups is 2. The molecule has 1 amide bonds. The first-order chi connectivity index (χ1) is 14.5. The minimum absolute atomic E-state index is 0.0411. The van der Waals surface area contributed by atoms with Crippen molar-refractivity contribution >= 4 is 20.4 Å². The fourth-order valence-corrected chi connectivity index (χ4v) is 5.42. The van der Waals surface area contributed by atoms with Crippen LogP contribution in [0.15, 0.2) is 30.3 Å². The Bertz CT molecular complexity index is 785. The lowest BCUT2D eigenvalue weighted by Gasteiger charge is -2.40. The van der Waals surface area contributed by atoms with Crippen LogP contribution >= 0.6 is 0 Å². The summed E-state index contributed by atoms with van der Waals surface area (Å²) in [5, 5.41) is 0.0411. The maximum atomic E-state index is 12.9. The molecule has 1 aromatic rings. The van der Waals surface area contributed by atoms with E-state index in [0.717, 1.165) is 18.4 Å². The van der Waals surface area contributed by atoms with Crippen LogP contribution in [0.5, 0.6) is 0 Å². The largest absolute Gasteiger partial charge is 0.466 e. The molecule has 2 atom stereocenters. The summed E-state index contributed by atoms with van der Waals surface area (Å²) in [6.45, 7) is 14.4. The smallest absolute Gasteiger partial charge is 0.410 e. The number of hydrogen-bond donors (Lipinski definition) is 0. The summed E-state index contributed by atoms with van der Waals surface area (Å²) in [5.41, 5.74) is 0.420. The number of rotatable bonds is 7. The normalized spacial score (nSPS) is 22.8. The summed E-state index contributed by atoms with van der Waals surface area (Å²) < 4.78 is 17.7. The molecule has 172 valence electrons. The highest BCUT2D eigenvalue weighted by atomic mass is 28.4. The van der Waals surface area contributed by atoms with Crippen molar-refractivity contribution in [2.75, 3.05) is 19.7 Å². The molecule has 0 radical (unpaired) electrons. The summed E-state index contributed by atoms with van der Waals surface area (Å²) in [6.07, 6.45) is 1.05. The van der Waals surface area contributed by atoms with Crippen LogP contribution in [0.3, 0.4) is 0 Å². The Hall–Kier alpha value is -1.86. The van der Waals surface area contributed by atoms with E-state index in [0.29, 0.717) is 19.7 Å². The second-order valence-electron chi connectivity index (χ2n) is 10.3. The van der Waals surface area contributed by atoms with Crippen LogP contribution in [0.4, 0.5) is 4.79 Å². The second-order valence-corrected chi connectivity index (χ2v) is 15.1. The molecule has 6 nitrogen and oxygen atoms in total. The van der Waals surface area contributed by atoms with Gasteiger partial charge in [-0.3, -0.25) is 4.79 Å². The molecule has 0 spiro atoms. The van der Waals surface area contributed by atoms with Crippen LogP contribution in [0.25, 0.3) is 0 Å². The number of benzene rings is 1. The van der Waals surface area contributed by atoms with Gasteiger partial charge < -0.3 is 18.8 Å². The number of hydrogen-bond acceptors (Lipinski definition) is 5. The van der Waals surface area contributed by atoms with Gasteiger partial charge in [0.25, 0.3) is 0 Å². The molecule has 7 heteroatoms. The first-order valence-corrected chi connectivity index (χ1v) is 14.2. The molecular weight excluding hydrogens is 410 g/mol. The standard InChI is InChI=1S/C24H37NO5Si/c1-7-28-21(26)24(13-14-24)19-15-25(16-20(19)30-31(5,6)23(2,3)4)22(27)29-17-18-11-9-8-10-12-18/h8-12,19-20H,7,13-17H2,1-6H3/t19-,20?/m0/s1. The molecule has 31 heavy (non-hydrogen) atoms. The Morgan fingerprint density at radius 2 is 1.74 bits per heavy atom. The third-order valence-electron chi connectivity index (χ3n) is 7.16. The molecule has 1 aromatic carbocycles. The maximum Gasteiger partial charge on any atom is 0.410 e. The molecule has 1 heterocycles. The van der Waals surface area contributed by atoms with Gasteiger partial charge in [0.15, 0.2) is 8.32 Å². The van der Waals surface area contributed by atoms with Gasteiger partial charge in [0.2, 0.25) is 0 Å². The van der Waals surface area contributed by atoms with Gasteiger partial charge in [-0.25, -0.2) is 4.79 Å². The third kappa shape index (κ3) is 5.14. The molecule has 1 saturated carbocycles. The van der Waals surface area contributed by atoms with Gasteiger partial charge in [-0.15, -0.1) is 0 Å². The van der Waals surface area contributed by atoms with Crippen molar-refractivity contribution in [2.24, 2.45) is 11.3 Å². The molecule has 1 saturated heterocycles. The van der Waals surface area contributed by atoms with E-state index in [4.69, 9.17) is 13.9 Å². The van der Waals surface area contributed by atoms with Gasteiger partial charge in [-0.1, -0.05) is 51.1 Å². The Morgan fingerprint density at radius 1 is 1.10 bits per heavy atom. The van der Waals surface area contributed by atoms with E-state index >= 15 is 0 Å². The molecular formula is C24H37NO5Si. The molecule has 0 aromatic heterocycles. The fraction of sp³-hybridized carbons (Fsp3) is 0.667. The molecule has 2 fully saturated rings. The van der Waals surface area contributed by atoms with E-state index in [2.05, 4.69) is 33.9 Å². The summed E-state index contributed by atoms with van der Waals surface area (Å²) in [6, 6.07) is 9.65. The van der Waals surface area contributed by atoms with Gasteiger partial charge in [0, 0.05) is 19.0 Å². The van der Waals surface area contributed by atoms with Crippen molar-refractivity contribution in [3.05, 3.63) is 35.9 Å². The molecule has 1 aliphatic carbocycles. The van der Waals surface area contributed by atoms with Crippen LogP contribution in [0.1, 0.15) is 46.1 Å². The van der Waals surface area contributed by atoms with E-state index < -0.39 is 13.7 Å². The van der Waals surface area contributed by atoms with E-state index in [9.17, 15) is 9.59 Å². The first-order valence-electron chi connectivity index (χ1n) is 11.3. The number of carbonyl (C=O) groups excluding carboxylic acids is 2. The predicted octanol–water partition coefficient (Wildman–Crippen LogP) is 4.99. The molecule has 0 bridgehead atoms. The van der Waals surface area contributed by atoms with Crippen LogP contribution in [0.2, 0.25) is 18.1 Å². The van der Waals surface area contributed by atoms with Crippen LogP contribution < -0.4 is 0 Å². The summed E-state index contributed by atoms with van der Waals surface area (Å²) in [7, 11) is -2.08. The SMILES string of the molecule is CCOC(=O)C1([C@H]2CN(C(=O)OCc3ccccc3)CC2O[Si](C)(C)C(C)(C)C)CC1. The zero-order valence-corrected chi connectivity index (χ0v) is 20.8. The monoisotopic (exact) mass is 447 g/mol. The highest BCUT2D eigenvalue weighted by Gasteiger charge is 2.62. The van der Waals surface area contributed by atoms with Crippen LogP contribution in [-0.4, -0.2) is 51.1 Å². The van der Waals surface area contributed by atoms with Crippen molar-refractivity contribution in [2.45, 2.75) is 71.4 Å². The van der Waals surface area contributed by atoms with Crippen molar-refractivity contribution < 1.29 is 23.5 Å². The molecule has 3 rings (SSSR count). The number of esters is 1. The topological polar surface area (TPSA) is 65.1 Å². The number of likely N-dealkylation sites (tertiary alicyclic amines) is 1. The predicted molar refractivity (Wildman–Crippen MR) is 122 cm³/mol. The quantitative estimate of drug-likeness (QED) is 0.435. The summed E-state index contributed by atoms with van der Waals surface area (Å²) in [5.74, 6) is -0.215. The van der Waals surface area contributed by atoms with Gasteiger partial charge in [-0.05, 0) is 43.5 Å². The Morgan fingerprint density at radius 3 is 2.29 bits per heavy atom. The Kier molecular flexibility index (Phi) is 6.86. The van der Waals surface area contributed by atoms with E-state index in [-0.39, 0.29) is 35.7 Å². The van der Waals surface area contributed by atoms with Gasteiger partial charge >= 0.3 is 12.1 Å². The van der Waals surface area contributed by atoms with Crippen LogP contribution in [-0.2, 0) is 25.3 Å². The molecule has 0 N–H and O–H groups in total. The first kappa shape index (κ1) is 23.8. The van der Waals surface area contributed by atoms with Gasteiger partial charge in [0.05, 0.1) is 18.1 Å². The zero-order chi connectivity index (χ0) is 22.9. The minimum Gasteiger partial charge on any atom is -0.466 e.